The Hall–Kier alpha value is -2.67. The second kappa shape index (κ2) is 8.37. The predicted molar refractivity (Wildman–Crippen MR) is 110 cm³/mol. The van der Waals surface area contributed by atoms with Gasteiger partial charge in [0.05, 0.1) is 6.10 Å². The molecule has 2 fully saturated rings. The van der Waals surface area contributed by atoms with Crippen LogP contribution in [0.15, 0.2) is 37.1 Å². The van der Waals surface area contributed by atoms with Gasteiger partial charge < -0.3 is 15.3 Å². The van der Waals surface area contributed by atoms with Crippen LogP contribution in [0.25, 0.3) is 5.65 Å². The summed E-state index contributed by atoms with van der Waals surface area (Å²) in [5.41, 5.74) is 1.32. The van der Waals surface area contributed by atoms with E-state index >= 15 is 0 Å². The van der Waals surface area contributed by atoms with Crippen molar-refractivity contribution in [2.24, 2.45) is 11.8 Å². The standard InChI is InChI=1S/C22H28N4O3/c1-2-15-12-16(15)6-4-10-23-21(28)19-8-3-9-20-24-18(14-26(19)20)22(29)25-11-5-7-17(27)13-25/h2-3,8-9,14-17,27H,1,4-7,10-13H2,(H,23,28). The molecule has 2 N–H and O–H groups in total. The number of pyridine rings is 1. The van der Waals surface area contributed by atoms with E-state index in [0.29, 0.717) is 49.0 Å². The summed E-state index contributed by atoms with van der Waals surface area (Å²) in [6.07, 6.45) is 7.92. The Kier molecular flexibility index (Phi) is 5.67. The zero-order valence-electron chi connectivity index (χ0n) is 16.6. The fourth-order valence-corrected chi connectivity index (χ4v) is 4.15. The van der Waals surface area contributed by atoms with Crippen molar-refractivity contribution in [1.29, 1.82) is 0 Å². The van der Waals surface area contributed by atoms with Gasteiger partial charge in [0.15, 0.2) is 0 Å². The van der Waals surface area contributed by atoms with Gasteiger partial charge >= 0.3 is 0 Å². The van der Waals surface area contributed by atoms with Gasteiger partial charge in [-0.3, -0.25) is 14.0 Å². The van der Waals surface area contributed by atoms with Gasteiger partial charge in [0.2, 0.25) is 0 Å². The number of likely N-dealkylation sites (tertiary alicyclic amines) is 1. The van der Waals surface area contributed by atoms with Crippen molar-refractivity contribution >= 4 is 17.5 Å². The molecular formula is C22H28N4O3. The van der Waals surface area contributed by atoms with E-state index in [0.717, 1.165) is 25.2 Å². The number of fused-ring (bicyclic) bond motifs is 1. The second-order valence-electron chi connectivity index (χ2n) is 8.11. The number of β-amino-alcohol motifs (C(OH)–C–C–N with tert-alkyl or cyclic N) is 1. The van der Waals surface area contributed by atoms with Crippen LogP contribution in [0, 0.1) is 11.8 Å². The van der Waals surface area contributed by atoms with Gasteiger partial charge in [0, 0.05) is 25.8 Å². The van der Waals surface area contributed by atoms with Crippen LogP contribution in [-0.4, -0.2) is 56.9 Å². The number of carbonyl (C=O) groups excluding carboxylic acids is 2. The minimum Gasteiger partial charge on any atom is -0.391 e. The Morgan fingerprint density at radius 2 is 2.24 bits per heavy atom. The van der Waals surface area contributed by atoms with Crippen LogP contribution in [0.3, 0.4) is 0 Å². The zero-order chi connectivity index (χ0) is 20.4. The smallest absolute Gasteiger partial charge is 0.274 e. The lowest BCUT2D eigenvalue weighted by Gasteiger charge is -2.29. The van der Waals surface area contributed by atoms with Gasteiger partial charge in [-0.25, -0.2) is 4.98 Å². The van der Waals surface area contributed by atoms with Crippen LogP contribution < -0.4 is 5.32 Å². The maximum absolute atomic E-state index is 12.8. The average Bonchev–Trinajstić information content (AvgIpc) is 3.35. The van der Waals surface area contributed by atoms with Crippen molar-refractivity contribution in [2.45, 2.75) is 38.2 Å². The molecule has 2 aromatic heterocycles. The van der Waals surface area contributed by atoms with E-state index in [9.17, 15) is 14.7 Å². The Labute approximate surface area is 170 Å². The van der Waals surface area contributed by atoms with Crippen LogP contribution in [-0.2, 0) is 0 Å². The molecule has 29 heavy (non-hydrogen) atoms. The van der Waals surface area contributed by atoms with Gasteiger partial charge in [-0.05, 0) is 56.1 Å². The Morgan fingerprint density at radius 3 is 3.00 bits per heavy atom. The number of amides is 2. The Balaban J connectivity index is 1.41. The topological polar surface area (TPSA) is 86.9 Å². The minimum atomic E-state index is -0.483. The molecule has 0 bridgehead atoms. The monoisotopic (exact) mass is 396 g/mol. The molecule has 3 heterocycles. The highest BCUT2D eigenvalue weighted by molar-refractivity contribution is 5.95. The van der Waals surface area contributed by atoms with E-state index in [1.807, 2.05) is 6.08 Å². The van der Waals surface area contributed by atoms with Gasteiger partial charge in [0.1, 0.15) is 17.0 Å². The fraction of sp³-hybridized carbons (Fsp3) is 0.500. The number of carbonyl (C=O) groups is 2. The van der Waals surface area contributed by atoms with E-state index in [1.54, 1.807) is 33.7 Å². The number of rotatable bonds is 7. The number of nitrogens with one attached hydrogen (secondary N) is 1. The largest absolute Gasteiger partial charge is 0.391 e. The number of imidazole rings is 1. The summed E-state index contributed by atoms with van der Waals surface area (Å²) < 4.78 is 1.66. The molecule has 1 aliphatic carbocycles. The molecule has 3 atom stereocenters. The SMILES string of the molecule is C=CC1CC1CCCNC(=O)c1cccc2nc(C(=O)N3CCCC(O)C3)cn12. The van der Waals surface area contributed by atoms with Crippen LogP contribution >= 0.6 is 0 Å². The molecule has 7 nitrogen and oxygen atoms in total. The summed E-state index contributed by atoms with van der Waals surface area (Å²) in [5, 5.41) is 12.8. The fourth-order valence-electron chi connectivity index (χ4n) is 4.15. The molecule has 2 amide bonds. The molecule has 7 heteroatoms. The van der Waals surface area contributed by atoms with Crippen molar-refractivity contribution < 1.29 is 14.7 Å². The maximum Gasteiger partial charge on any atom is 0.274 e. The number of nitrogens with zero attached hydrogens (tertiary/aromatic N) is 3. The quantitative estimate of drug-likeness (QED) is 0.555. The van der Waals surface area contributed by atoms with Gasteiger partial charge in [-0.1, -0.05) is 12.1 Å². The first kappa shape index (κ1) is 19.6. The van der Waals surface area contributed by atoms with Gasteiger partial charge in [-0.2, -0.15) is 0 Å². The molecule has 2 aromatic rings. The Morgan fingerprint density at radius 1 is 1.38 bits per heavy atom. The molecule has 4 rings (SSSR count). The van der Waals surface area contributed by atoms with Gasteiger partial charge in [-0.15, -0.1) is 6.58 Å². The van der Waals surface area contributed by atoms with Gasteiger partial charge in [0.25, 0.3) is 11.8 Å². The van der Waals surface area contributed by atoms with Crippen molar-refractivity contribution in [3.8, 4) is 0 Å². The molecular weight excluding hydrogens is 368 g/mol. The lowest BCUT2D eigenvalue weighted by molar-refractivity contribution is 0.0469. The highest BCUT2D eigenvalue weighted by Crippen LogP contribution is 2.42. The van der Waals surface area contributed by atoms with Crippen molar-refractivity contribution in [2.75, 3.05) is 19.6 Å². The third kappa shape index (κ3) is 4.34. The van der Waals surface area contributed by atoms with E-state index in [1.165, 1.54) is 6.42 Å². The summed E-state index contributed by atoms with van der Waals surface area (Å²) in [6.45, 7) is 5.40. The summed E-state index contributed by atoms with van der Waals surface area (Å²) >= 11 is 0. The first-order valence-corrected chi connectivity index (χ1v) is 10.4. The molecule has 154 valence electrons. The molecule has 1 saturated heterocycles. The highest BCUT2D eigenvalue weighted by atomic mass is 16.3. The number of aliphatic hydroxyl groups excluding tert-OH is 1. The molecule has 2 aliphatic rings. The summed E-state index contributed by atoms with van der Waals surface area (Å²) in [5.74, 6) is 1.00. The van der Waals surface area contributed by atoms with Crippen molar-refractivity contribution in [3.05, 3.63) is 48.4 Å². The number of piperidine rings is 1. The first-order chi connectivity index (χ1) is 14.1. The average molecular weight is 396 g/mol. The number of aromatic nitrogens is 2. The molecule has 1 aliphatic heterocycles. The van der Waals surface area contributed by atoms with E-state index < -0.39 is 6.10 Å². The van der Waals surface area contributed by atoms with Crippen molar-refractivity contribution in [3.63, 3.8) is 0 Å². The van der Waals surface area contributed by atoms with Crippen LogP contribution in [0.2, 0.25) is 0 Å². The third-order valence-electron chi connectivity index (χ3n) is 5.94. The number of hydrogen-bond donors (Lipinski definition) is 2. The number of allylic oxidation sites excluding steroid dienone is 1. The van der Waals surface area contributed by atoms with E-state index in [-0.39, 0.29) is 11.8 Å². The van der Waals surface area contributed by atoms with Crippen LogP contribution in [0.5, 0.6) is 0 Å². The minimum absolute atomic E-state index is 0.170. The molecule has 0 spiro atoms. The normalized spacial score (nSPS) is 23.8. The first-order valence-electron chi connectivity index (χ1n) is 10.4. The maximum atomic E-state index is 12.8. The second-order valence-corrected chi connectivity index (χ2v) is 8.11. The number of hydrogen-bond acceptors (Lipinski definition) is 4. The molecule has 0 radical (unpaired) electrons. The summed E-state index contributed by atoms with van der Waals surface area (Å²) in [7, 11) is 0. The molecule has 1 saturated carbocycles. The Bertz CT molecular complexity index is 922. The van der Waals surface area contributed by atoms with Crippen molar-refractivity contribution in [1.82, 2.24) is 19.6 Å². The highest BCUT2D eigenvalue weighted by Gasteiger charge is 2.33. The molecule has 3 unspecified atom stereocenters. The number of aliphatic hydroxyl groups is 1. The van der Waals surface area contributed by atoms with Crippen LogP contribution in [0.1, 0.15) is 53.1 Å². The van der Waals surface area contributed by atoms with E-state index in [2.05, 4.69) is 16.9 Å². The van der Waals surface area contributed by atoms with Crippen LogP contribution in [0.4, 0.5) is 0 Å². The lowest BCUT2D eigenvalue weighted by Crippen LogP contribution is -2.42. The third-order valence-corrected chi connectivity index (χ3v) is 5.94. The lowest BCUT2D eigenvalue weighted by atomic mass is 10.1. The molecule has 0 aromatic carbocycles. The predicted octanol–water partition coefficient (Wildman–Crippen LogP) is 2.26. The zero-order valence-corrected chi connectivity index (χ0v) is 16.6. The summed E-state index contributed by atoms with van der Waals surface area (Å²) in [4.78, 5) is 31.4. The summed E-state index contributed by atoms with van der Waals surface area (Å²) in [6, 6.07) is 5.29. The van der Waals surface area contributed by atoms with E-state index in [4.69, 9.17) is 0 Å².